The summed E-state index contributed by atoms with van der Waals surface area (Å²) in [6, 6.07) is 4.23. The van der Waals surface area contributed by atoms with E-state index in [-0.39, 0.29) is 6.04 Å². The summed E-state index contributed by atoms with van der Waals surface area (Å²) < 4.78 is 0. The molecule has 94 valence electrons. The number of nitrogens with two attached hydrogens (primary N) is 1. The second kappa shape index (κ2) is 5.47. The molecule has 1 aliphatic heterocycles. The van der Waals surface area contributed by atoms with E-state index < -0.39 is 0 Å². The van der Waals surface area contributed by atoms with Gasteiger partial charge in [-0.1, -0.05) is 6.07 Å². The first-order valence-corrected chi connectivity index (χ1v) is 6.32. The monoisotopic (exact) mass is 234 g/mol. The van der Waals surface area contributed by atoms with Gasteiger partial charge in [-0.25, -0.2) is 4.98 Å². The van der Waals surface area contributed by atoms with Crippen molar-refractivity contribution < 1.29 is 0 Å². The Labute approximate surface area is 103 Å². The minimum atomic E-state index is 0.0619. The van der Waals surface area contributed by atoms with Gasteiger partial charge in [0.05, 0.1) is 0 Å². The lowest BCUT2D eigenvalue weighted by Gasteiger charge is -2.21. The Hall–Kier alpha value is -1.13. The van der Waals surface area contributed by atoms with Gasteiger partial charge in [-0.05, 0) is 38.6 Å². The Morgan fingerprint density at radius 3 is 2.71 bits per heavy atom. The maximum atomic E-state index is 5.83. The topological polar surface area (TPSA) is 45.4 Å². The van der Waals surface area contributed by atoms with Gasteiger partial charge in [0.1, 0.15) is 5.82 Å². The van der Waals surface area contributed by atoms with E-state index in [9.17, 15) is 0 Å². The average molecular weight is 234 g/mol. The zero-order valence-electron chi connectivity index (χ0n) is 10.8. The van der Waals surface area contributed by atoms with Gasteiger partial charge in [0.2, 0.25) is 0 Å². The number of likely N-dealkylation sites (N-methyl/N-ethyl adjacent to an activating group) is 1. The Morgan fingerprint density at radius 1 is 1.24 bits per heavy atom. The SMILES string of the molecule is C[C@@H](N)c1ccc(N2CCCN(C)CC2)nc1. The van der Waals surface area contributed by atoms with Crippen LogP contribution in [0.1, 0.15) is 24.9 Å². The Morgan fingerprint density at radius 2 is 2.06 bits per heavy atom. The van der Waals surface area contributed by atoms with Gasteiger partial charge in [0.25, 0.3) is 0 Å². The summed E-state index contributed by atoms with van der Waals surface area (Å²) in [7, 11) is 2.18. The van der Waals surface area contributed by atoms with E-state index in [4.69, 9.17) is 5.73 Å². The number of anilines is 1. The molecule has 1 atom stereocenters. The summed E-state index contributed by atoms with van der Waals surface area (Å²) in [5.74, 6) is 1.07. The highest BCUT2D eigenvalue weighted by molar-refractivity contribution is 5.40. The molecule has 17 heavy (non-hydrogen) atoms. The van der Waals surface area contributed by atoms with Gasteiger partial charge in [0.15, 0.2) is 0 Å². The standard InChI is InChI=1S/C13H22N4/c1-11(14)12-4-5-13(15-10-12)17-7-3-6-16(2)8-9-17/h4-5,10-11H,3,6-9,14H2,1-2H3/t11-/m1/s1. The normalized spacial score (nSPS) is 20.1. The first-order chi connectivity index (χ1) is 8.16. The van der Waals surface area contributed by atoms with Crippen molar-refractivity contribution in [3.8, 4) is 0 Å². The molecule has 1 aromatic heterocycles. The van der Waals surface area contributed by atoms with Gasteiger partial charge in [-0.3, -0.25) is 0 Å². The number of hydrogen-bond donors (Lipinski definition) is 1. The van der Waals surface area contributed by atoms with Crippen LogP contribution in [0.25, 0.3) is 0 Å². The molecule has 2 N–H and O–H groups in total. The van der Waals surface area contributed by atoms with E-state index in [2.05, 4.69) is 34.0 Å². The lowest BCUT2D eigenvalue weighted by molar-refractivity contribution is 0.360. The van der Waals surface area contributed by atoms with Gasteiger partial charge >= 0.3 is 0 Å². The van der Waals surface area contributed by atoms with Crippen molar-refractivity contribution in [3.63, 3.8) is 0 Å². The van der Waals surface area contributed by atoms with Crippen molar-refractivity contribution in [2.45, 2.75) is 19.4 Å². The first-order valence-electron chi connectivity index (χ1n) is 6.32. The van der Waals surface area contributed by atoms with Crippen molar-refractivity contribution in [2.24, 2.45) is 5.73 Å². The van der Waals surface area contributed by atoms with Gasteiger partial charge in [0, 0.05) is 31.9 Å². The summed E-state index contributed by atoms with van der Waals surface area (Å²) in [5, 5.41) is 0. The molecular formula is C13H22N4. The van der Waals surface area contributed by atoms with Crippen LogP contribution in [-0.4, -0.2) is 43.1 Å². The Kier molecular flexibility index (Phi) is 3.97. The van der Waals surface area contributed by atoms with Crippen LogP contribution in [0.3, 0.4) is 0 Å². The van der Waals surface area contributed by atoms with Crippen molar-refractivity contribution >= 4 is 5.82 Å². The van der Waals surface area contributed by atoms with Crippen molar-refractivity contribution in [3.05, 3.63) is 23.9 Å². The smallest absolute Gasteiger partial charge is 0.128 e. The number of hydrogen-bond acceptors (Lipinski definition) is 4. The molecule has 0 unspecified atom stereocenters. The molecule has 4 nitrogen and oxygen atoms in total. The molecule has 1 saturated heterocycles. The van der Waals surface area contributed by atoms with Crippen molar-refractivity contribution in [2.75, 3.05) is 38.1 Å². The summed E-state index contributed by atoms with van der Waals surface area (Å²) in [6.07, 6.45) is 3.10. The predicted octanol–water partition coefficient (Wildman–Crippen LogP) is 1.24. The molecule has 0 aliphatic carbocycles. The molecule has 1 aliphatic rings. The van der Waals surface area contributed by atoms with Gasteiger partial charge in [-0.2, -0.15) is 0 Å². The molecule has 0 bridgehead atoms. The van der Waals surface area contributed by atoms with Crippen LogP contribution in [0.2, 0.25) is 0 Å². The van der Waals surface area contributed by atoms with E-state index >= 15 is 0 Å². The van der Waals surface area contributed by atoms with Crippen LogP contribution in [0.15, 0.2) is 18.3 Å². The van der Waals surface area contributed by atoms with Crippen LogP contribution in [0, 0.1) is 0 Å². The van der Waals surface area contributed by atoms with Crippen LogP contribution < -0.4 is 10.6 Å². The summed E-state index contributed by atoms with van der Waals surface area (Å²) in [4.78, 5) is 9.24. The number of nitrogens with zero attached hydrogens (tertiary/aromatic N) is 3. The molecule has 0 radical (unpaired) electrons. The quantitative estimate of drug-likeness (QED) is 0.836. The molecule has 2 rings (SSSR count). The molecule has 0 spiro atoms. The second-order valence-corrected chi connectivity index (χ2v) is 4.88. The average Bonchev–Trinajstić information content (AvgIpc) is 2.54. The van der Waals surface area contributed by atoms with E-state index in [1.54, 1.807) is 0 Å². The zero-order chi connectivity index (χ0) is 12.3. The highest BCUT2D eigenvalue weighted by atomic mass is 15.2. The van der Waals surface area contributed by atoms with Crippen molar-refractivity contribution in [1.29, 1.82) is 0 Å². The Balaban J connectivity index is 2.06. The third-order valence-electron chi connectivity index (χ3n) is 3.34. The minimum absolute atomic E-state index is 0.0619. The highest BCUT2D eigenvalue weighted by Gasteiger charge is 2.13. The lowest BCUT2D eigenvalue weighted by Crippen LogP contribution is -2.29. The third kappa shape index (κ3) is 3.17. The van der Waals surface area contributed by atoms with E-state index in [1.165, 1.54) is 13.0 Å². The van der Waals surface area contributed by atoms with E-state index in [1.807, 2.05) is 13.1 Å². The van der Waals surface area contributed by atoms with E-state index in [0.29, 0.717) is 0 Å². The van der Waals surface area contributed by atoms with Crippen LogP contribution in [-0.2, 0) is 0 Å². The fourth-order valence-corrected chi connectivity index (χ4v) is 2.13. The van der Waals surface area contributed by atoms with Crippen LogP contribution in [0.5, 0.6) is 0 Å². The number of aromatic nitrogens is 1. The lowest BCUT2D eigenvalue weighted by atomic mass is 10.1. The molecule has 1 aromatic rings. The van der Waals surface area contributed by atoms with Gasteiger partial charge < -0.3 is 15.5 Å². The predicted molar refractivity (Wildman–Crippen MR) is 71.2 cm³/mol. The molecule has 2 heterocycles. The summed E-state index contributed by atoms with van der Waals surface area (Å²) >= 11 is 0. The zero-order valence-corrected chi connectivity index (χ0v) is 10.8. The second-order valence-electron chi connectivity index (χ2n) is 4.88. The first kappa shape index (κ1) is 12.3. The molecular weight excluding hydrogens is 212 g/mol. The fourth-order valence-electron chi connectivity index (χ4n) is 2.13. The van der Waals surface area contributed by atoms with E-state index in [0.717, 1.165) is 31.0 Å². The van der Waals surface area contributed by atoms with Crippen molar-refractivity contribution in [1.82, 2.24) is 9.88 Å². The molecule has 0 aromatic carbocycles. The summed E-state index contributed by atoms with van der Waals surface area (Å²) in [5.41, 5.74) is 6.92. The molecule has 0 amide bonds. The largest absolute Gasteiger partial charge is 0.355 e. The minimum Gasteiger partial charge on any atom is -0.355 e. The van der Waals surface area contributed by atoms with Crippen LogP contribution in [0.4, 0.5) is 5.82 Å². The summed E-state index contributed by atoms with van der Waals surface area (Å²) in [6.45, 7) is 6.42. The Bertz CT molecular complexity index is 347. The maximum absolute atomic E-state index is 5.83. The highest BCUT2D eigenvalue weighted by Crippen LogP contribution is 2.16. The fraction of sp³-hybridized carbons (Fsp3) is 0.615. The number of pyridine rings is 1. The number of rotatable bonds is 2. The maximum Gasteiger partial charge on any atom is 0.128 e. The molecule has 0 saturated carbocycles. The van der Waals surface area contributed by atoms with Crippen LogP contribution >= 0.6 is 0 Å². The van der Waals surface area contributed by atoms with Gasteiger partial charge in [-0.15, -0.1) is 0 Å². The third-order valence-corrected chi connectivity index (χ3v) is 3.34. The molecule has 4 heteroatoms. The molecule has 1 fully saturated rings.